The van der Waals surface area contributed by atoms with Crippen molar-refractivity contribution < 1.29 is 57.4 Å². The van der Waals surface area contributed by atoms with E-state index in [2.05, 4.69) is 11.3 Å². The minimum atomic E-state index is -5.29. The third-order valence-corrected chi connectivity index (χ3v) is 7.70. The van der Waals surface area contributed by atoms with Gasteiger partial charge >= 0.3 is 12.3 Å². The van der Waals surface area contributed by atoms with Crippen LogP contribution in [0.5, 0.6) is 0 Å². The lowest BCUT2D eigenvalue weighted by molar-refractivity contribution is -0.295. The molecule has 0 spiro atoms. The van der Waals surface area contributed by atoms with E-state index in [0.717, 1.165) is 6.08 Å². The van der Waals surface area contributed by atoms with Crippen LogP contribution in [0.3, 0.4) is 0 Å². The second kappa shape index (κ2) is 13.3. The first kappa shape index (κ1) is 33.8. The Labute approximate surface area is 241 Å². The van der Waals surface area contributed by atoms with Crippen LogP contribution in [-0.2, 0) is 10.8 Å². The van der Waals surface area contributed by atoms with Gasteiger partial charge in [-0.2, -0.15) is 22.0 Å². The molecule has 3 unspecified atom stereocenters. The molecule has 0 amide bonds. The highest BCUT2D eigenvalue weighted by atomic mass is 127. The Morgan fingerprint density at radius 1 is 0.976 bits per heavy atom. The number of alkyl halides is 9. The van der Waals surface area contributed by atoms with Crippen LogP contribution in [0.25, 0.3) is 0 Å². The molecule has 230 valence electrons. The smallest absolute Gasteiger partial charge is 0.313 e. The van der Waals surface area contributed by atoms with Gasteiger partial charge in [0.2, 0.25) is 0 Å². The van der Waals surface area contributed by atoms with Crippen molar-refractivity contribution in [3.63, 3.8) is 0 Å². The molecule has 0 bridgehead atoms. The van der Waals surface area contributed by atoms with E-state index in [1.165, 1.54) is 12.2 Å². The monoisotopic (exact) mass is 720 g/mol. The van der Waals surface area contributed by atoms with Crippen LogP contribution < -0.4 is 0 Å². The van der Waals surface area contributed by atoms with E-state index in [1.54, 1.807) is 0 Å². The van der Waals surface area contributed by atoms with Gasteiger partial charge in [0.1, 0.15) is 53.3 Å². The molecule has 1 fully saturated rings. The molecule has 1 saturated carbocycles. The molecule has 0 aromatic heterocycles. The molecule has 1 aromatic rings. The average molecular weight is 720 g/mol. The standard InChI is InChI=1S/C27H25F12IO/c1-2-3-15(16(28)4-5-40)12-6-17(29)23(18(30)7-12)13-8-19(31)25(20(32)9-13)27(38,39)41-14-10-21(33)24(22(34)11-14)26(35,36)37/h2,4,6,8-9,12,14-15,18,21-24H,1,3,5,7,10-11H2/b16-4+/t12-,14-,15+,18?,21?,22-,23+,24?/m0/s1. The number of ether oxygens (including phenoxy) is 1. The van der Waals surface area contributed by atoms with E-state index >= 15 is 8.78 Å². The Hall–Kier alpha value is -1.71. The molecular weight excluding hydrogens is 695 g/mol. The number of rotatable bonds is 9. The molecule has 0 N–H and O–H groups in total. The van der Waals surface area contributed by atoms with Crippen LogP contribution in [0.2, 0.25) is 0 Å². The van der Waals surface area contributed by atoms with E-state index < -0.39 is 114 Å². The predicted octanol–water partition coefficient (Wildman–Crippen LogP) is 9.82. The van der Waals surface area contributed by atoms with Crippen LogP contribution in [-0.4, -0.2) is 35.2 Å². The molecule has 2 aliphatic rings. The van der Waals surface area contributed by atoms with Gasteiger partial charge in [-0.3, -0.25) is 0 Å². The van der Waals surface area contributed by atoms with Crippen LogP contribution in [0, 0.1) is 29.4 Å². The quantitative estimate of drug-likeness (QED) is 0.107. The summed E-state index contributed by atoms with van der Waals surface area (Å²) >= 11 is 1.88. The van der Waals surface area contributed by atoms with Crippen molar-refractivity contribution in [1.29, 1.82) is 0 Å². The maximum absolute atomic E-state index is 15.2. The largest absolute Gasteiger partial charge is 0.397 e. The summed E-state index contributed by atoms with van der Waals surface area (Å²) in [5.74, 6) is -12.7. The third kappa shape index (κ3) is 7.63. The topological polar surface area (TPSA) is 9.23 Å². The summed E-state index contributed by atoms with van der Waals surface area (Å²) in [6.07, 6.45) is -19.9. The van der Waals surface area contributed by atoms with Gasteiger partial charge in [-0.05, 0) is 48.6 Å². The maximum atomic E-state index is 15.2. The van der Waals surface area contributed by atoms with Crippen molar-refractivity contribution in [2.24, 2.45) is 17.8 Å². The summed E-state index contributed by atoms with van der Waals surface area (Å²) in [5.41, 5.74) is -2.74. The minimum absolute atomic E-state index is 0.0437. The third-order valence-electron chi connectivity index (χ3n) is 7.26. The molecule has 1 aromatic carbocycles. The molecule has 0 aliphatic heterocycles. The fourth-order valence-electron chi connectivity index (χ4n) is 5.43. The number of halogens is 13. The molecular formula is C27H25F12IO. The first-order chi connectivity index (χ1) is 19.0. The highest BCUT2D eigenvalue weighted by Gasteiger charge is 2.55. The molecule has 8 atom stereocenters. The van der Waals surface area contributed by atoms with Gasteiger partial charge in [-0.25, -0.2) is 30.7 Å². The summed E-state index contributed by atoms with van der Waals surface area (Å²) in [7, 11) is 0. The second-order valence-corrected chi connectivity index (χ2v) is 10.9. The van der Waals surface area contributed by atoms with Crippen molar-refractivity contribution >= 4 is 22.6 Å². The van der Waals surface area contributed by atoms with Crippen LogP contribution in [0.4, 0.5) is 52.7 Å². The van der Waals surface area contributed by atoms with E-state index in [4.69, 9.17) is 0 Å². The summed E-state index contributed by atoms with van der Waals surface area (Å²) < 4.78 is 175. The average Bonchev–Trinajstić information content (AvgIpc) is 2.79. The lowest BCUT2D eigenvalue weighted by Crippen LogP contribution is -2.47. The Morgan fingerprint density at radius 2 is 1.54 bits per heavy atom. The van der Waals surface area contributed by atoms with Gasteiger partial charge in [0, 0.05) is 23.2 Å². The number of hydrogen-bond donors (Lipinski definition) is 0. The number of hydrogen-bond acceptors (Lipinski definition) is 1. The first-order valence-corrected chi connectivity index (χ1v) is 14.0. The molecule has 1 nitrogen and oxygen atoms in total. The van der Waals surface area contributed by atoms with Crippen molar-refractivity contribution in [2.45, 2.75) is 68.5 Å². The van der Waals surface area contributed by atoms with Gasteiger partial charge in [-0.15, -0.1) is 6.58 Å². The van der Waals surface area contributed by atoms with E-state index in [-0.39, 0.29) is 23.0 Å². The Kier molecular flexibility index (Phi) is 11.0. The van der Waals surface area contributed by atoms with Gasteiger partial charge in [0.05, 0.1) is 12.0 Å². The summed E-state index contributed by atoms with van der Waals surface area (Å²) in [4.78, 5) is 0. The molecule has 0 radical (unpaired) electrons. The van der Waals surface area contributed by atoms with E-state index in [0.29, 0.717) is 0 Å². The van der Waals surface area contributed by atoms with Gasteiger partial charge in [0.25, 0.3) is 0 Å². The second-order valence-electron chi connectivity index (χ2n) is 10.0. The molecule has 3 rings (SSSR count). The molecule has 0 saturated heterocycles. The van der Waals surface area contributed by atoms with Gasteiger partial charge in [-0.1, -0.05) is 28.7 Å². The minimum Gasteiger partial charge on any atom is -0.313 e. The zero-order valence-electron chi connectivity index (χ0n) is 21.1. The van der Waals surface area contributed by atoms with Crippen molar-refractivity contribution in [3.8, 4) is 0 Å². The highest BCUT2D eigenvalue weighted by molar-refractivity contribution is 14.1. The normalized spacial score (nSPS) is 30.6. The van der Waals surface area contributed by atoms with Crippen LogP contribution in [0.15, 0.2) is 48.6 Å². The Bertz CT molecular complexity index is 1110. The summed E-state index contributed by atoms with van der Waals surface area (Å²) in [6, 6.07) is 0.490. The lowest BCUT2D eigenvalue weighted by atomic mass is 9.75. The van der Waals surface area contributed by atoms with E-state index in [9.17, 15) is 43.9 Å². The molecule has 41 heavy (non-hydrogen) atoms. The molecule has 14 heteroatoms. The fourth-order valence-corrected chi connectivity index (χ4v) is 5.85. The van der Waals surface area contributed by atoms with Crippen LogP contribution >= 0.6 is 22.6 Å². The number of benzene rings is 1. The first-order valence-electron chi connectivity index (χ1n) is 12.4. The lowest BCUT2D eigenvalue weighted by Gasteiger charge is -2.36. The molecule has 2 aliphatic carbocycles. The van der Waals surface area contributed by atoms with Crippen molar-refractivity contribution in [3.05, 3.63) is 71.4 Å². The summed E-state index contributed by atoms with van der Waals surface area (Å²) in [6.45, 7) is 3.50. The van der Waals surface area contributed by atoms with Crippen molar-refractivity contribution in [1.82, 2.24) is 0 Å². The van der Waals surface area contributed by atoms with Gasteiger partial charge in [0.15, 0.2) is 0 Å². The van der Waals surface area contributed by atoms with E-state index in [1.807, 2.05) is 22.6 Å². The molecule has 0 heterocycles. The van der Waals surface area contributed by atoms with Crippen LogP contribution in [0.1, 0.15) is 42.7 Å². The maximum Gasteiger partial charge on any atom is 0.397 e. The van der Waals surface area contributed by atoms with Gasteiger partial charge < -0.3 is 4.74 Å². The van der Waals surface area contributed by atoms with Crippen molar-refractivity contribution in [2.75, 3.05) is 4.43 Å². The SMILES string of the molecule is C=CC[C@@H](/C(F)=C\CI)[C@H]1C=C(F)[C@@H](c2cc(F)c(C(F)(F)O[C@H]3CC(F)C(C(F)(F)F)[C@@H](F)C3)c(F)c2)C(F)C1. The highest BCUT2D eigenvalue weighted by Crippen LogP contribution is 2.47. The number of allylic oxidation sites excluding steroid dienone is 5. The predicted molar refractivity (Wildman–Crippen MR) is 135 cm³/mol. The zero-order chi connectivity index (χ0) is 30.9. The summed E-state index contributed by atoms with van der Waals surface area (Å²) in [5, 5.41) is 0. The fraction of sp³-hybridized carbons (Fsp3) is 0.556. The zero-order valence-corrected chi connectivity index (χ0v) is 23.2. The Balaban J connectivity index is 1.85. The Morgan fingerprint density at radius 3 is 2.00 bits per heavy atom.